The van der Waals surface area contributed by atoms with Crippen LogP contribution in [0.15, 0.2) is 24.3 Å². The predicted octanol–water partition coefficient (Wildman–Crippen LogP) is 0.425. The van der Waals surface area contributed by atoms with Crippen molar-refractivity contribution >= 4 is 27.5 Å². The van der Waals surface area contributed by atoms with Crippen LogP contribution in [0, 0.1) is 5.82 Å². The summed E-state index contributed by atoms with van der Waals surface area (Å²) in [6.07, 6.45) is 1.24. The zero-order chi connectivity index (χ0) is 18.2. The van der Waals surface area contributed by atoms with Gasteiger partial charge in [0.1, 0.15) is 11.9 Å². The van der Waals surface area contributed by atoms with E-state index < -0.39 is 22.0 Å². The largest absolute Gasteiger partial charge is 0.368 e. The average molecular weight is 369 g/mol. The van der Waals surface area contributed by atoms with E-state index in [0.29, 0.717) is 26.2 Å². The molecule has 2 aliphatic rings. The van der Waals surface area contributed by atoms with Gasteiger partial charge in [-0.25, -0.2) is 17.1 Å². The lowest BCUT2D eigenvalue weighted by atomic mass is 10.1. The van der Waals surface area contributed by atoms with Crippen molar-refractivity contribution < 1.29 is 22.4 Å². The van der Waals surface area contributed by atoms with Crippen LogP contribution in [-0.2, 0) is 19.6 Å². The highest BCUT2D eigenvalue weighted by Gasteiger charge is 2.43. The van der Waals surface area contributed by atoms with Crippen molar-refractivity contribution in [2.45, 2.75) is 18.9 Å². The minimum Gasteiger partial charge on any atom is -0.368 e. The number of hydrogen-bond acceptors (Lipinski definition) is 5. The Hall–Kier alpha value is -2.16. The summed E-state index contributed by atoms with van der Waals surface area (Å²) in [6, 6.07) is 5.23. The predicted molar refractivity (Wildman–Crippen MR) is 89.9 cm³/mol. The number of piperazine rings is 1. The maximum absolute atomic E-state index is 13.0. The van der Waals surface area contributed by atoms with Gasteiger partial charge in [0.2, 0.25) is 21.8 Å². The Morgan fingerprint density at radius 2 is 1.72 bits per heavy atom. The SMILES string of the molecule is CS(=O)(=O)N1C(=O)CCC1C(=O)N1CCN(c2ccc(F)cc2)CC1. The summed E-state index contributed by atoms with van der Waals surface area (Å²) in [4.78, 5) is 28.1. The van der Waals surface area contributed by atoms with Crippen LogP contribution in [0.4, 0.5) is 10.1 Å². The Bertz CT molecular complexity index is 773. The molecule has 0 spiro atoms. The van der Waals surface area contributed by atoms with Crippen LogP contribution in [-0.4, -0.2) is 67.9 Å². The van der Waals surface area contributed by atoms with E-state index in [9.17, 15) is 22.4 Å². The molecule has 1 unspecified atom stereocenters. The molecule has 9 heteroatoms. The molecule has 0 bridgehead atoms. The Labute approximate surface area is 146 Å². The second kappa shape index (κ2) is 6.62. The maximum Gasteiger partial charge on any atom is 0.246 e. The monoisotopic (exact) mass is 369 g/mol. The Balaban J connectivity index is 1.65. The van der Waals surface area contributed by atoms with E-state index in [1.54, 1.807) is 17.0 Å². The molecule has 1 aromatic carbocycles. The second-order valence-electron chi connectivity index (χ2n) is 6.30. The summed E-state index contributed by atoms with van der Waals surface area (Å²) < 4.78 is 37.3. The van der Waals surface area contributed by atoms with Crippen molar-refractivity contribution in [2.75, 3.05) is 37.3 Å². The van der Waals surface area contributed by atoms with E-state index in [-0.39, 0.29) is 24.6 Å². The maximum atomic E-state index is 13.0. The van der Waals surface area contributed by atoms with Crippen LogP contribution in [0.1, 0.15) is 12.8 Å². The van der Waals surface area contributed by atoms with Crippen LogP contribution in [0.25, 0.3) is 0 Å². The van der Waals surface area contributed by atoms with Gasteiger partial charge >= 0.3 is 0 Å². The van der Waals surface area contributed by atoms with Crippen molar-refractivity contribution in [1.82, 2.24) is 9.21 Å². The van der Waals surface area contributed by atoms with E-state index in [4.69, 9.17) is 0 Å². The molecular weight excluding hydrogens is 349 g/mol. The third kappa shape index (κ3) is 3.60. The van der Waals surface area contributed by atoms with E-state index in [1.165, 1.54) is 12.1 Å². The molecule has 0 aliphatic carbocycles. The molecule has 136 valence electrons. The van der Waals surface area contributed by atoms with Crippen LogP contribution in [0.2, 0.25) is 0 Å². The summed E-state index contributed by atoms with van der Waals surface area (Å²) in [6.45, 7) is 1.99. The average Bonchev–Trinajstić information content (AvgIpc) is 2.97. The molecule has 1 aromatic rings. The van der Waals surface area contributed by atoms with Gasteiger partial charge in [-0.1, -0.05) is 0 Å². The molecule has 0 radical (unpaired) electrons. The molecule has 2 heterocycles. The van der Waals surface area contributed by atoms with Crippen LogP contribution < -0.4 is 4.90 Å². The number of amides is 2. The minimum atomic E-state index is -3.75. The molecule has 25 heavy (non-hydrogen) atoms. The van der Waals surface area contributed by atoms with Gasteiger partial charge in [0.05, 0.1) is 6.26 Å². The highest BCUT2D eigenvalue weighted by Crippen LogP contribution is 2.25. The third-order valence-corrected chi connectivity index (χ3v) is 5.76. The van der Waals surface area contributed by atoms with Crippen molar-refractivity contribution in [3.8, 4) is 0 Å². The van der Waals surface area contributed by atoms with Crippen molar-refractivity contribution in [3.63, 3.8) is 0 Å². The molecule has 3 rings (SSSR count). The second-order valence-corrected chi connectivity index (χ2v) is 8.16. The highest BCUT2D eigenvalue weighted by molar-refractivity contribution is 7.89. The first kappa shape index (κ1) is 17.7. The van der Waals surface area contributed by atoms with Gasteiger partial charge in [-0.2, -0.15) is 0 Å². The summed E-state index contributed by atoms with van der Waals surface area (Å²) >= 11 is 0. The fourth-order valence-electron chi connectivity index (χ4n) is 3.35. The lowest BCUT2D eigenvalue weighted by Gasteiger charge is -2.38. The smallest absolute Gasteiger partial charge is 0.246 e. The number of benzene rings is 1. The first-order valence-electron chi connectivity index (χ1n) is 8.09. The molecule has 0 saturated carbocycles. The quantitative estimate of drug-likeness (QED) is 0.772. The summed E-state index contributed by atoms with van der Waals surface area (Å²) in [7, 11) is -3.75. The fourth-order valence-corrected chi connectivity index (χ4v) is 4.47. The summed E-state index contributed by atoms with van der Waals surface area (Å²) in [5.41, 5.74) is 0.877. The normalized spacial score (nSPS) is 21.8. The molecular formula is C16H20FN3O4S. The number of halogens is 1. The number of rotatable bonds is 3. The number of anilines is 1. The van der Waals surface area contributed by atoms with Gasteiger partial charge in [0.25, 0.3) is 0 Å². The van der Waals surface area contributed by atoms with E-state index >= 15 is 0 Å². The summed E-state index contributed by atoms with van der Waals surface area (Å²) in [5.74, 6) is -1.15. The number of carbonyl (C=O) groups excluding carboxylic acids is 2. The van der Waals surface area contributed by atoms with E-state index in [1.807, 2.05) is 4.90 Å². The molecule has 2 aliphatic heterocycles. The zero-order valence-electron chi connectivity index (χ0n) is 13.9. The van der Waals surface area contributed by atoms with Gasteiger partial charge in [-0.3, -0.25) is 9.59 Å². The molecule has 0 aromatic heterocycles. The Morgan fingerprint density at radius 1 is 1.12 bits per heavy atom. The number of sulfonamides is 1. The minimum absolute atomic E-state index is 0.0685. The molecule has 2 saturated heterocycles. The first-order chi connectivity index (χ1) is 11.8. The molecule has 1 atom stereocenters. The van der Waals surface area contributed by atoms with Gasteiger partial charge in [0, 0.05) is 38.3 Å². The van der Waals surface area contributed by atoms with Gasteiger partial charge in [-0.15, -0.1) is 0 Å². The fraction of sp³-hybridized carbons (Fsp3) is 0.500. The van der Waals surface area contributed by atoms with Crippen LogP contribution in [0.3, 0.4) is 0 Å². The molecule has 7 nitrogen and oxygen atoms in total. The molecule has 0 N–H and O–H groups in total. The third-order valence-electron chi connectivity index (χ3n) is 4.59. The van der Waals surface area contributed by atoms with Crippen molar-refractivity contribution in [2.24, 2.45) is 0 Å². The van der Waals surface area contributed by atoms with Crippen molar-refractivity contribution in [3.05, 3.63) is 30.1 Å². The summed E-state index contributed by atoms with van der Waals surface area (Å²) in [5, 5.41) is 0. The molecule has 2 amide bonds. The lowest BCUT2D eigenvalue weighted by molar-refractivity contribution is -0.138. The Morgan fingerprint density at radius 3 is 2.28 bits per heavy atom. The van der Waals surface area contributed by atoms with Gasteiger partial charge < -0.3 is 9.80 Å². The van der Waals surface area contributed by atoms with E-state index in [0.717, 1.165) is 16.2 Å². The number of carbonyl (C=O) groups is 2. The number of hydrogen-bond donors (Lipinski definition) is 0. The lowest BCUT2D eigenvalue weighted by Crippen LogP contribution is -2.54. The topological polar surface area (TPSA) is 78.0 Å². The highest BCUT2D eigenvalue weighted by atomic mass is 32.2. The first-order valence-corrected chi connectivity index (χ1v) is 9.94. The van der Waals surface area contributed by atoms with Crippen LogP contribution >= 0.6 is 0 Å². The van der Waals surface area contributed by atoms with Crippen molar-refractivity contribution in [1.29, 1.82) is 0 Å². The van der Waals surface area contributed by atoms with Gasteiger partial charge in [0.15, 0.2) is 0 Å². The van der Waals surface area contributed by atoms with Gasteiger partial charge in [-0.05, 0) is 30.7 Å². The molecule has 2 fully saturated rings. The Kier molecular flexibility index (Phi) is 4.68. The zero-order valence-corrected chi connectivity index (χ0v) is 14.7. The standard InChI is InChI=1S/C16H20FN3O4S/c1-25(23,24)20-14(6-7-15(20)21)16(22)19-10-8-18(9-11-19)13-4-2-12(17)3-5-13/h2-5,14H,6-11H2,1H3. The van der Waals surface area contributed by atoms with Crippen LogP contribution in [0.5, 0.6) is 0 Å². The number of nitrogens with zero attached hydrogens (tertiary/aromatic N) is 3. The van der Waals surface area contributed by atoms with E-state index in [2.05, 4.69) is 0 Å².